The van der Waals surface area contributed by atoms with Crippen LogP contribution in [0, 0.1) is 0 Å². The molecule has 0 aliphatic rings. The van der Waals surface area contributed by atoms with E-state index >= 15 is 0 Å². The molecule has 22 heavy (non-hydrogen) atoms. The van der Waals surface area contributed by atoms with E-state index in [1.54, 1.807) is 30.3 Å². The monoisotopic (exact) mass is 307 g/mol. The van der Waals surface area contributed by atoms with Gasteiger partial charge >= 0.3 is 6.18 Å². The Hall–Kier alpha value is -2.83. The topological polar surface area (TPSA) is 68.0 Å². The highest BCUT2D eigenvalue weighted by Crippen LogP contribution is 2.32. The first kappa shape index (κ1) is 15.6. The van der Waals surface area contributed by atoms with E-state index in [4.69, 9.17) is 5.73 Å². The minimum Gasteiger partial charge on any atom is -0.398 e. The number of halogens is 3. The van der Waals surface area contributed by atoms with Gasteiger partial charge in [0.25, 0.3) is 5.91 Å². The second kappa shape index (κ2) is 6.30. The number of nitrogens with one attached hydrogen (secondary N) is 1. The highest BCUT2D eigenvalue weighted by Gasteiger charge is 2.38. The molecular weight excluding hydrogens is 295 g/mol. The van der Waals surface area contributed by atoms with Crippen LogP contribution in [-0.4, -0.2) is 10.9 Å². The van der Waals surface area contributed by atoms with Crippen LogP contribution in [0.2, 0.25) is 0 Å². The van der Waals surface area contributed by atoms with E-state index in [2.05, 4.69) is 10.3 Å². The lowest BCUT2D eigenvalue weighted by molar-refractivity contribution is -0.141. The average molecular weight is 307 g/mol. The number of amides is 1. The normalized spacial score (nSPS) is 11.6. The van der Waals surface area contributed by atoms with Crippen LogP contribution < -0.4 is 11.1 Å². The molecule has 2 aromatic rings. The SMILES string of the molecule is Nc1ccnc(C(F)(F)F)c1C(=O)NC=Cc1ccccc1. The van der Waals surface area contributed by atoms with E-state index in [0.29, 0.717) is 0 Å². The molecule has 0 bridgehead atoms. The lowest BCUT2D eigenvalue weighted by atomic mass is 10.1. The second-order valence-corrected chi connectivity index (χ2v) is 4.34. The third kappa shape index (κ3) is 3.63. The summed E-state index contributed by atoms with van der Waals surface area (Å²) in [5.41, 5.74) is 3.99. The van der Waals surface area contributed by atoms with Crippen molar-refractivity contribution in [1.82, 2.24) is 10.3 Å². The van der Waals surface area contributed by atoms with Crippen molar-refractivity contribution in [3.8, 4) is 0 Å². The van der Waals surface area contributed by atoms with Gasteiger partial charge in [-0.25, -0.2) is 0 Å². The number of anilines is 1. The molecule has 0 saturated heterocycles. The minimum atomic E-state index is -4.76. The maximum Gasteiger partial charge on any atom is 0.434 e. The fourth-order valence-corrected chi connectivity index (χ4v) is 1.78. The Morgan fingerprint density at radius 2 is 1.86 bits per heavy atom. The number of benzene rings is 1. The summed E-state index contributed by atoms with van der Waals surface area (Å²) in [7, 11) is 0. The number of carbonyl (C=O) groups excluding carboxylic acids is 1. The van der Waals surface area contributed by atoms with Crippen molar-refractivity contribution in [3.05, 3.63) is 65.6 Å². The van der Waals surface area contributed by atoms with Crippen LogP contribution in [0.25, 0.3) is 6.08 Å². The number of pyridine rings is 1. The maximum atomic E-state index is 12.9. The average Bonchev–Trinajstić information content (AvgIpc) is 2.47. The predicted octanol–water partition coefficient (Wildman–Crippen LogP) is 3.08. The predicted molar refractivity (Wildman–Crippen MR) is 76.6 cm³/mol. The van der Waals surface area contributed by atoms with Gasteiger partial charge in [0, 0.05) is 18.1 Å². The van der Waals surface area contributed by atoms with Gasteiger partial charge in [-0.1, -0.05) is 30.3 Å². The quantitative estimate of drug-likeness (QED) is 0.915. The number of hydrogen-bond donors (Lipinski definition) is 2. The van der Waals surface area contributed by atoms with Crippen LogP contribution >= 0.6 is 0 Å². The Balaban J connectivity index is 2.22. The Bertz CT molecular complexity index is 697. The van der Waals surface area contributed by atoms with Crippen LogP contribution in [0.15, 0.2) is 48.8 Å². The molecule has 1 heterocycles. The lowest BCUT2D eigenvalue weighted by Crippen LogP contribution is -2.24. The molecule has 1 aromatic carbocycles. The third-order valence-corrected chi connectivity index (χ3v) is 2.77. The van der Waals surface area contributed by atoms with E-state index in [1.165, 1.54) is 6.20 Å². The van der Waals surface area contributed by atoms with Gasteiger partial charge in [0.2, 0.25) is 0 Å². The summed E-state index contributed by atoms with van der Waals surface area (Å²) in [6.45, 7) is 0. The molecule has 0 saturated carbocycles. The zero-order valence-corrected chi connectivity index (χ0v) is 11.3. The van der Waals surface area contributed by atoms with E-state index in [9.17, 15) is 18.0 Å². The second-order valence-electron chi connectivity index (χ2n) is 4.34. The maximum absolute atomic E-state index is 12.9. The standard InChI is InChI=1S/C15H12F3N3O/c16-15(17,18)13-12(11(19)7-9-20-13)14(22)21-8-6-10-4-2-1-3-5-10/h1-9H,(H2,19,20)(H,21,22). The number of hydrogen-bond acceptors (Lipinski definition) is 3. The van der Waals surface area contributed by atoms with Crippen LogP contribution in [0.1, 0.15) is 21.6 Å². The summed E-state index contributed by atoms with van der Waals surface area (Å²) in [5, 5.41) is 2.26. The third-order valence-electron chi connectivity index (χ3n) is 2.77. The van der Waals surface area contributed by atoms with Gasteiger partial charge in [-0.3, -0.25) is 9.78 Å². The number of nitrogens with zero attached hydrogens (tertiary/aromatic N) is 1. The highest BCUT2D eigenvalue weighted by atomic mass is 19.4. The Kier molecular flexibility index (Phi) is 4.45. The Morgan fingerprint density at radius 3 is 2.50 bits per heavy atom. The molecule has 0 fully saturated rings. The number of alkyl halides is 3. The molecule has 3 N–H and O–H groups in total. The summed E-state index contributed by atoms with van der Waals surface area (Å²) < 4.78 is 38.6. The zero-order chi connectivity index (χ0) is 16.2. The number of rotatable bonds is 3. The van der Waals surface area contributed by atoms with E-state index < -0.39 is 23.3 Å². The molecule has 0 aliphatic carbocycles. The van der Waals surface area contributed by atoms with Gasteiger partial charge in [-0.2, -0.15) is 13.2 Å². The molecule has 0 unspecified atom stereocenters. The number of aromatic nitrogens is 1. The van der Waals surface area contributed by atoms with Gasteiger partial charge in [0.05, 0.1) is 5.56 Å². The van der Waals surface area contributed by atoms with Crippen LogP contribution in [0.4, 0.5) is 18.9 Å². The molecule has 0 aliphatic heterocycles. The molecular formula is C15H12F3N3O. The number of carbonyl (C=O) groups is 1. The van der Waals surface area contributed by atoms with Crippen LogP contribution in [0.5, 0.6) is 0 Å². The Morgan fingerprint density at radius 1 is 1.18 bits per heavy atom. The smallest absolute Gasteiger partial charge is 0.398 e. The molecule has 4 nitrogen and oxygen atoms in total. The van der Waals surface area contributed by atoms with Crippen molar-refractivity contribution in [2.75, 3.05) is 5.73 Å². The fraction of sp³-hybridized carbons (Fsp3) is 0.0667. The van der Waals surface area contributed by atoms with E-state index in [-0.39, 0.29) is 5.69 Å². The molecule has 2 rings (SSSR count). The number of nitrogens with two attached hydrogens (primary N) is 1. The molecule has 0 radical (unpaired) electrons. The summed E-state index contributed by atoms with van der Waals surface area (Å²) >= 11 is 0. The van der Waals surface area contributed by atoms with Crippen molar-refractivity contribution in [2.24, 2.45) is 0 Å². The summed E-state index contributed by atoms with van der Waals surface area (Å²) in [6, 6.07) is 10.1. The summed E-state index contributed by atoms with van der Waals surface area (Å²) in [5.74, 6) is -0.967. The largest absolute Gasteiger partial charge is 0.434 e. The first-order valence-electron chi connectivity index (χ1n) is 6.23. The van der Waals surface area contributed by atoms with Gasteiger partial charge in [-0.15, -0.1) is 0 Å². The summed E-state index contributed by atoms with van der Waals surface area (Å²) in [4.78, 5) is 15.1. The molecule has 0 spiro atoms. The minimum absolute atomic E-state index is 0.284. The molecule has 114 valence electrons. The van der Waals surface area contributed by atoms with Gasteiger partial charge in [0.15, 0.2) is 5.69 Å². The van der Waals surface area contributed by atoms with Crippen molar-refractivity contribution in [3.63, 3.8) is 0 Å². The Labute approximate surface area is 124 Å². The first-order valence-corrected chi connectivity index (χ1v) is 6.23. The van der Waals surface area contributed by atoms with E-state index in [1.807, 2.05) is 6.07 Å². The van der Waals surface area contributed by atoms with Crippen LogP contribution in [-0.2, 0) is 6.18 Å². The van der Waals surface area contributed by atoms with Crippen molar-refractivity contribution in [1.29, 1.82) is 0 Å². The lowest BCUT2D eigenvalue weighted by Gasteiger charge is -2.12. The van der Waals surface area contributed by atoms with Crippen molar-refractivity contribution >= 4 is 17.7 Å². The molecule has 7 heteroatoms. The molecule has 1 amide bonds. The molecule has 1 aromatic heterocycles. The molecule has 0 atom stereocenters. The highest BCUT2D eigenvalue weighted by molar-refractivity contribution is 6.01. The van der Waals surface area contributed by atoms with Crippen molar-refractivity contribution < 1.29 is 18.0 Å². The van der Waals surface area contributed by atoms with Crippen molar-refractivity contribution in [2.45, 2.75) is 6.18 Å². The first-order chi connectivity index (χ1) is 10.4. The van der Waals surface area contributed by atoms with Gasteiger partial charge < -0.3 is 11.1 Å². The number of nitrogen functional groups attached to an aromatic ring is 1. The fourth-order valence-electron chi connectivity index (χ4n) is 1.78. The van der Waals surface area contributed by atoms with Gasteiger partial charge in [-0.05, 0) is 17.7 Å². The zero-order valence-electron chi connectivity index (χ0n) is 11.3. The van der Waals surface area contributed by atoms with Crippen LogP contribution in [0.3, 0.4) is 0 Å². The van der Waals surface area contributed by atoms with Gasteiger partial charge in [0.1, 0.15) is 0 Å². The summed E-state index contributed by atoms with van der Waals surface area (Å²) in [6.07, 6.45) is -1.04. The van der Waals surface area contributed by atoms with E-state index in [0.717, 1.165) is 17.8 Å².